The van der Waals surface area contributed by atoms with Crippen molar-refractivity contribution in [3.05, 3.63) is 87.0 Å². The Morgan fingerprint density at radius 3 is 1.55 bits per heavy atom. The van der Waals surface area contributed by atoms with E-state index in [1.807, 2.05) is 45.9 Å². The Morgan fingerprint density at radius 1 is 0.659 bits per heavy atom. The van der Waals surface area contributed by atoms with Crippen molar-refractivity contribution in [2.75, 3.05) is 13.9 Å². The van der Waals surface area contributed by atoms with E-state index in [9.17, 15) is 0 Å². The topological polar surface area (TPSA) is 73.8 Å². The molecule has 0 fully saturated rings. The predicted octanol–water partition coefficient (Wildman–Crippen LogP) is 7.52. The average Bonchev–Trinajstić information content (AvgIpc) is 3.00. The van der Waals surface area contributed by atoms with Gasteiger partial charge in [-0.15, -0.1) is 0 Å². The maximum atomic E-state index is 6.29. The van der Waals surface area contributed by atoms with Crippen molar-refractivity contribution >= 4 is 0 Å². The molecule has 0 bridgehead atoms. The highest BCUT2D eigenvalue weighted by Gasteiger charge is 2.31. The van der Waals surface area contributed by atoms with Crippen molar-refractivity contribution in [1.82, 2.24) is 0 Å². The van der Waals surface area contributed by atoms with Crippen molar-refractivity contribution in [3.63, 3.8) is 0 Å². The molecule has 0 amide bonds. The zero-order chi connectivity index (χ0) is 31.3. The Bertz CT molecular complexity index is 1340. The van der Waals surface area contributed by atoms with Gasteiger partial charge in [-0.3, -0.25) is 0 Å². The van der Waals surface area contributed by atoms with Crippen LogP contribution in [-0.2, 0) is 76.2 Å². The summed E-state index contributed by atoms with van der Waals surface area (Å²) in [4.78, 5) is 0. The lowest BCUT2D eigenvalue weighted by molar-refractivity contribution is -0.181. The summed E-state index contributed by atoms with van der Waals surface area (Å²) in [6.07, 6.45) is 1.84. The minimum Gasteiger partial charge on any atom is -0.467 e. The summed E-state index contributed by atoms with van der Waals surface area (Å²) >= 11 is 0. The van der Waals surface area contributed by atoms with E-state index in [1.54, 1.807) is 7.11 Å². The molecule has 2 heterocycles. The van der Waals surface area contributed by atoms with Gasteiger partial charge in [0.2, 0.25) is 11.6 Å². The molecule has 44 heavy (non-hydrogen) atoms. The first-order chi connectivity index (χ1) is 21.1. The van der Waals surface area contributed by atoms with Gasteiger partial charge in [-0.05, 0) is 48.2 Å². The smallest absolute Gasteiger partial charge is 0.205 e. The fourth-order valence-electron chi connectivity index (χ4n) is 5.52. The number of rotatable bonds is 13. The second kappa shape index (κ2) is 13.9. The molecule has 0 spiro atoms. The molecule has 2 aliphatic rings. The third-order valence-electron chi connectivity index (χ3n) is 7.80. The van der Waals surface area contributed by atoms with Crippen LogP contribution in [0, 0.1) is 0 Å². The van der Waals surface area contributed by atoms with Crippen LogP contribution in [0.2, 0.25) is 0 Å². The molecule has 0 atom stereocenters. The number of methoxy groups -OCH3 is 1. The van der Waals surface area contributed by atoms with E-state index in [0.717, 1.165) is 57.7 Å². The monoisotopic (exact) mass is 606 g/mol. The van der Waals surface area contributed by atoms with Crippen LogP contribution in [0.15, 0.2) is 42.5 Å². The summed E-state index contributed by atoms with van der Waals surface area (Å²) in [5, 5.41) is 0. The zero-order valence-electron chi connectivity index (χ0n) is 27.2. The lowest BCUT2D eigenvalue weighted by atomic mass is 10.0. The van der Waals surface area contributed by atoms with Crippen LogP contribution < -0.4 is 14.2 Å². The lowest BCUT2D eigenvalue weighted by Gasteiger charge is -2.34. The molecule has 0 saturated carbocycles. The minimum absolute atomic E-state index is 0.119. The Balaban J connectivity index is 1.30. The molecule has 238 valence electrons. The SMILES string of the molecule is CCc1cc(COCc2cccc(COCc3cc(CC)cc4c3OC(C)(C)OC4)c2OCOC)c2c(c1)COC(C)(C)O2. The van der Waals surface area contributed by atoms with Crippen molar-refractivity contribution in [3.8, 4) is 17.2 Å². The molecule has 8 nitrogen and oxygen atoms in total. The van der Waals surface area contributed by atoms with Crippen molar-refractivity contribution in [1.29, 1.82) is 0 Å². The number of hydrogen-bond acceptors (Lipinski definition) is 8. The Labute approximate surface area is 261 Å². The minimum atomic E-state index is -0.682. The fourth-order valence-corrected chi connectivity index (χ4v) is 5.52. The molecule has 0 radical (unpaired) electrons. The van der Waals surface area contributed by atoms with E-state index in [-0.39, 0.29) is 6.79 Å². The highest BCUT2D eigenvalue weighted by atomic mass is 16.7. The van der Waals surface area contributed by atoms with Crippen LogP contribution in [0.4, 0.5) is 0 Å². The van der Waals surface area contributed by atoms with Crippen molar-refractivity contribution < 1.29 is 37.9 Å². The first-order valence-electron chi connectivity index (χ1n) is 15.4. The normalized spacial score (nSPS) is 16.4. The number of hydrogen-bond donors (Lipinski definition) is 0. The largest absolute Gasteiger partial charge is 0.467 e. The van der Waals surface area contributed by atoms with Gasteiger partial charge < -0.3 is 37.9 Å². The summed E-state index contributed by atoms with van der Waals surface area (Å²) in [6.45, 7) is 14.7. The average molecular weight is 607 g/mol. The molecule has 3 aromatic carbocycles. The zero-order valence-corrected chi connectivity index (χ0v) is 27.2. The van der Waals surface area contributed by atoms with Gasteiger partial charge in [0.05, 0.1) is 39.6 Å². The van der Waals surface area contributed by atoms with Crippen molar-refractivity contribution in [2.24, 2.45) is 0 Å². The van der Waals surface area contributed by atoms with Gasteiger partial charge in [-0.1, -0.05) is 32.0 Å². The highest BCUT2D eigenvalue weighted by Crippen LogP contribution is 2.38. The molecule has 2 aliphatic heterocycles. The fraction of sp³-hybridized carbons (Fsp3) is 0.500. The highest BCUT2D eigenvalue weighted by molar-refractivity contribution is 5.47. The molecular formula is C36H46O8. The molecule has 0 saturated heterocycles. The lowest BCUT2D eigenvalue weighted by Crippen LogP contribution is -2.36. The van der Waals surface area contributed by atoms with Gasteiger partial charge in [-0.2, -0.15) is 0 Å². The molecular weight excluding hydrogens is 560 g/mol. The standard InChI is InChI=1S/C36H46O8/c1-8-24-13-28(33-30(15-24)21-41-35(3,4)43-33)19-38-17-26-11-10-12-27(32(26)40-23-37-7)18-39-20-29-14-25(9-2)16-31-22-42-36(5,6)44-34(29)31/h10-16H,8-9,17-23H2,1-7H3. The molecule has 0 unspecified atom stereocenters. The van der Waals surface area contributed by atoms with Gasteiger partial charge in [0.1, 0.15) is 17.2 Å². The first kappa shape index (κ1) is 32.3. The van der Waals surface area contributed by atoms with Gasteiger partial charge in [0.25, 0.3) is 0 Å². The van der Waals surface area contributed by atoms with E-state index in [0.29, 0.717) is 45.4 Å². The summed E-state index contributed by atoms with van der Waals surface area (Å²) in [6, 6.07) is 14.7. The molecule has 0 N–H and O–H groups in total. The Morgan fingerprint density at radius 2 is 1.11 bits per heavy atom. The Hall–Kier alpha value is -3.14. The molecule has 0 aromatic heterocycles. The first-order valence-corrected chi connectivity index (χ1v) is 15.4. The third kappa shape index (κ3) is 7.73. The van der Waals surface area contributed by atoms with Gasteiger partial charge in [-0.25, -0.2) is 0 Å². The van der Waals surface area contributed by atoms with Crippen LogP contribution in [0.25, 0.3) is 0 Å². The summed E-state index contributed by atoms with van der Waals surface area (Å²) in [5.41, 5.74) is 8.43. The second-order valence-electron chi connectivity index (χ2n) is 12.2. The van der Waals surface area contributed by atoms with E-state index in [1.165, 1.54) is 11.1 Å². The number of para-hydroxylation sites is 1. The molecule has 0 aliphatic carbocycles. The van der Waals surface area contributed by atoms with Gasteiger partial charge in [0, 0.05) is 68.2 Å². The van der Waals surface area contributed by atoms with Crippen LogP contribution in [0.3, 0.4) is 0 Å². The third-order valence-corrected chi connectivity index (χ3v) is 7.80. The maximum absolute atomic E-state index is 6.29. The number of aryl methyl sites for hydroxylation is 2. The van der Waals surface area contributed by atoms with Crippen LogP contribution in [0.5, 0.6) is 17.2 Å². The van der Waals surface area contributed by atoms with E-state index in [2.05, 4.69) is 38.1 Å². The quantitative estimate of drug-likeness (QED) is 0.185. The Kier molecular flexibility index (Phi) is 10.2. The molecule has 5 rings (SSSR count). The van der Waals surface area contributed by atoms with Crippen LogP contribution in [0.1, 0.15) is 86.1 Å². The summed E-state index contributed by atoms with van der Waals surface area (Å²) in [7, 11) is 1.61. The second-order valence-corrected chi connectivity index (χ2v) is 12.2. The van der Waals surface area contributed by atoms with Crippen molar-refractivity contribution in [2.45, 2.75) is 106 Å². The van der Waals surface area contributed by atoms with Gasteiger partial charge in [0.15, 0.2) is 6.79 Å². The predicted molar refractivity (Wildman–Crippen MR) is 167 cm³/mol. The number of fused-ring (bicyclic) bond motifs is 2. The summed E-state index contributed by atoms with van der Waals surface area (Å²) in [5.74, 6) is 1.05. The van der Waals surface area contributed by atoms with Crippen LogP contribution >= 0.6 is 0 Å². The summed E-state index contributed by atoms with van der Waals surface area (Å²) < 4.78 is 48.1. The number of benzene rings is 3. The van der Waals surface area contributed by atoms with E-state index >= 15 is 0 Å². The van der Waals surface area contributed by atoms with E-state index < -0.39 is 11.6 Å². The van der Waals surface area contributed by atoms with E-state index in [4.69, 9.17) is 37.9 Å². The maximum Gasteiger partial charge on any atom is 0.205 e. The number of ether oxygens (including phenoxy) is 8. The molecule has 3 aromatic rings. The van der Waals surface area contributed by atoms with Crippen LogP contribution in [-0.4, -0.2) is 25.5 Å². The molecule has 8 heteroatoms. The van der Waals surface area contributed by atoms with Gasteiger partial charge >= 0.3 is 0 Å².